The van der Waals surface area contributed by atoms with Gasteiger partial charge in [-0.2, -0.15) is 0 Å². The van der Waals surface area contributed by atoms with Crippen molar-refractivity contribution in [3.8, 4) is 0 Å². The van der Waals surface area contributed by atoms with Gasteiger partial charge in [-0.05, 0) is 25.7 Å². The molecule has 2 rings (SSSR count). The summed E-state index contributed by atoms with van der Waals surface area (Å²) in [5, 5.41) is 3.47. The Kier molecular flexibility index (Phi) is 4.25. The summed E-state index contributed by atoms with van der Waals surface area (Å²) in [5.41, 5.74) is 0. The smallest absolute Gasteiger partial charge is 0.215 e. The van der Waals surface area contributed by atoms with Crippen LogP contribution >= 0.6 is 0 Å². The van der Waals surface area contributed by atoms with E-state index in [1.807, 2.05) is 0 Å². The fourth-order valence-electron chi connectivity index (χ4n) is 2.95. The Labute approximate surface area is 115 Å². The summed E-state index contributed by atoms with van der Waals surface area (Å²) in [4.78, 5) is 0. The zero-order chi connectivity index (χ0) is 14.3. The van der Waals surface area contributed by atoms with Crippen LogP contribution in [0.15, 0.2) is 0 Å². The molecule has 1 N–H and O–H groups in total. The molecular formula is C11H22N2O4S2. The lowest BCUT2D eigenvalue weighted by Gasteiger charge is -2.34. The molecule has 0 aromatic rings. The summed E-state index contributed by atoms with van der Waals surface area (Å²) in [6, 6.07) is 0.830. The van der Waals surface area contributed by atoms with E-state index in [4.69, 9.17) is 0 Å². The number of hydrogen-bond acceptors (Lipinski definition) is 5. The number of hydrogen-bond donors (Lipinski definition) is 1. The van der Waals surface area contributed by atoms with Crippen LogP contribution in [0.4, 0.5) is 0 Å². The fraction of sp³-hybridized carbons (Fsp3) is 1.00. The van der Waals surface area contributed by atoms with Crippen molar-refractivity contribution in [1.82, 2.24) is 9.62 Å². The Hall–Kier alpha value is -0.180. The van der Waals surface area contributed by atoms with Crippen LogP contribution in [0.2, 0.25) is 0 Å². The van der Waals surface area contributed by atoms with Crippen LogP contribution in [-0.2, 0) is 19.9 Å². The van der Waals surface area contributed by atoms with Gasteiger partial charge in [0, 0.05) is 31.4 Å². The predicted octanol–water partition coefficient (Wildman–Crippen LogP) is -0.424. The molecule has 2 aliphatic heterocycles. The number of piperidine rings is 1. The molecule has 2 aliphatic rings. The first-order valence-corrected chi connectivity index (χ1v) is 10.2. The van der Waals surface area contributed by atoms with Crippen LogP contribution < -0.4 is 5.32 Å². The molecule has 2 unspecified atom stereocenters. The highest BCUT2D eigenvalue weighted by Crippen LogP contribution is 2.30. The summed E-state index contributed by atoms with van der Waals surface area (Å²) < 4.78 is 47.9. The van der Waals surface area contributed by atoms with E-state index in [1.54, 1.807) is 7.05 Å². The van der Waals surface area contributed by atoms with Crippen molar-refractivity contribution in [2.75, 3.05) is 24.8 Å². The third-order valence-electron chi connectivity index (χ3n) is 4.11. The molecule has 0 spiro atoms. The zero-order valence-corrected chi connectivity index (χ0v) is 13.0. The predicted molar refractivity (Wildman–Crippen MR) is 74.2 cm³/mol. The van der Waals surface area contributed by atoms with Crippen molar-refractivity contribution < 1.29 is 16.8 Å². The number of nitrogens with one attached hydrogen (secondary N) is 1. The van der Waals surface area contributed by atoms with Crippen LogP contribution in [-0.4, -0.2) is 64.1 Å². The molecule has 0 aromatic carbocycles. The van der Waals surface area contributed by atoms with Crippen molar-refractivity contribution >= 4 is 19.9 Å². The first-order chi connectivity index (χ1) is 8.67. The Morgan fingerprint density at radius 2 is 1.58 bits per heavy atom. The minimum atomic E-state index is -3.49. The highest BCUT2D eigenvalue weighted by atomic mass is 32.2. The van der Waals surface area contributed by atoms with Gasteiger partial charge in [0.25, 0.3) is 0 Å². The summed E-state index contributed by atoms with van der Waals surface area (Å²) in [6.07, 6.45) is 4.93. The molecule has 19 heavy (non-hydrogen) atoms. The van der Waals surface area contributed by atoms with Gasteiger partial charge in [-0.3, -0.25) is 0 Å². The topological polar surface area (TPSA) is 83.6 Å². The van der Waals surface area contributed by atoms with Crippen LogP contribution in [0.25, 0.3) is 0 Å². The first kappa shape index (κ1) is 15.2. The lowest BCUT2D eigenvalue weighted by molar-refractivity contribution is 0.251. The Bertz CT molecular complexity index is 517. The molecule has 2 bridgehead atoms. The van der Waals surface area contributed by atoms with Crippen molar-refractivity contribution in [2.24, 2.45) is 0 Å². The van der Waals surface area contributed by atoms with Gasteiger partial charge in [0.15, 0.2) is 0 Å². The highest BCUT2D eigenvalue weighted by molar-refractivity contribution is 7.93. The second kappa shape index (κ2) is 5.31. The van der Waals surface area contributed by atoms with Gasteiger partial charge in [-0.25, -0.2) is 21.1 Å². The quantitative estimate of drug-likeness (QED) is 0.745. The molecule has 0 saturated carbocycles. The minimum Gasteiger partial charge on any atom is -0.311 e. The molecule has 2 saturated heterocycles. The Morgan fingerprint density at radius 3 is 2.05 bits per heavy atom. The lowest BCUT2D eigenvalue weighted by atomic mass is 10.0. The van der Waals surface area contributed by atoms with E-state index >= 15 is 0 Å². The maximum absolute atomic E-state index is 12.2. The number of sulfonamides is 1. The van der Waals surface area contributed by atoms with Gasteiger partial charge < -0.3 is 5.32 Å². The largest absolute Gasteiger partial charge is 0.311 e. The monoisotopic (exact) mass is 310 g/mol. The Balaban J connectivity index is 2.00. The highest BCUT2D eigenvalue weighted by Gasteiger charge is 2.38. The maximum Gasteiger partial charge on any atom is 0.215 e. The van der Waals surface area contributed by atoms with Crippen LogP contribution in [0.1, 0.15) is 25.7 Å². The molecule has 0 aliphatic carbocycles. The molecule has 6 nitrogen and oxygen atoms in total. The molecule has 112 valence electrons. The van der Waals surface area contributed by atoms with Gasteiger partial charge in [0.1, 0.15) is 9.84 Å². The van der Waals surface area contributed by atoms with Crippen molar-refractivity contribution in [1.29, 1.82) is 0 Å². The van der Waals surface area contributed by atoms with Crippen molar-refractivity contribution in [3.63, 3.8) is 0 Å². The van der Waals surface area contributed by atoms with E-state index in [1.165, 1.54) is 4.31 Å². The van der Waals surface area contributed by atoms with Crippen LogP contribution in [0.3, 0.4) is 0 Å². The Morgan fingerprint density at radius 1 is 1.05 bits per heavy atom. The fourth-order valence-corrected chi connectivity index (χ4v) is 5.92. The molecule has 8 heteroatoms. The SMILES string of the molecule is CN(C1CC2CCC(C1)N2)S(=O)(=O)CCS(C)(=O)=O. The van der Waals surface area contributed by atoms with Gasteiger partial charge in [0.2, 0.25) is 10.0 Å². The van der Waals surface area contributed by atoms with Gasteiger partial charge in [-0.15, -0.1) is 0 Å². The number of sulfone groups is 1. The van der Waals surface area contributed by atoms with E-state index in [0.29, 0.717) is 12.1 Å². The standard InChI is InChI=1S/C11H22N2O4S2/c1-13(19(16,17)6-5-18(2,14)15)11-7-9-3-4-10(8-11)12-9/h9-12H,3-8H2,1-2H3. The normalized spacial score (nSPS) is 31.8. The summed E-state index contributed by atoms with van der Waals surface area (Å²) in [5.74, 6) is -0.626. The summed E-state index contributed by atoms with van der Waals surface area (Å²) in [7, 11) is -5.16. The first-order valence-electron chi connectivity index (χ1n) is 6.57. The molecule has 2 fully saturated rings. The van der Waals surface area contributed by atoms with E-state index < -0.39 is 19.9 Å². The average Bonchev–Trinajstić information content (AvgIpc) is 2.64. The molecule has 0 aromatic heterocycles. The third kappa shape index (κ3) is 3.90. The van der Waals surface area contributed by atoms with Gasteiger partial charge in [-0.1, -0.05) is 0 Å². The van der Waals surface area contributed by atoms with Crippen LogP contribution in [0.5, 0.6) is 0 Å². The van der Waals surface area contributed by atoms with Gasteiger partial charge in [0.05, 0.1) is 11.5 Å². The number of rotatable bonds is 5. The van der Waals surface area contributed by atoms with E-state index in [-0.39, 0.29) is 17.5 Å². The molecule has 2 atom stereocenters. The van der Waals surface area contributed by atoms with Crippen molar-refractivity contribution in [3.05, 3.63) is 0 Å². The van der Waals surface area contributed by atoms with E-state index in [2.05, 4.69) is 5.32 Å². The third-order valence-corrected chi connectivity index (χ3v) is 7.21. The summed E-state index contributed by atoms with van der Waals surface area (Å²) >= 11 is 0. The van der Waals surface area contributed by atoms with E-state index in [0.717, 1.165) is 31.9 Å². The minimum absolute atomic E-state index is 0.00307. The second-order valence-electron chi connectivity index (χ2n) is 5.73. The lowest BCUT2D eigenvalue weighted by Crippen LogP contribution is -2.49. The number of fused-ring (bicyclic) bond motifs is 2. The molecule has 0 amide bonds. The average molecular weight is 310 g/mol. The van der Waals surface area contributed by atoms with E-state index in [9.17, 15) is 16.8 Å². The van der Waals surface area contributed by atoms with Gasteiger partial charge >= 0.3 is 0 Å². The van der Waals surface area contributed by atoms with Crippen molar-refractivity contribution in [2.45, 2.75) is 43.8 Å². The molecule has 0 radical (unpaired) electrons. The van der Waals surface area contributed by atoms with Crippen LogP contribution in [0, 0.1) is 0 Å². The summed E-state index contributed by atoms with van der Waals surface area (Å²) in [6.45, 7) is 0. The second-order valence-corrected chi connectivity index (χ2v) is 10.1. The number of nitrogens with zero attached hydrogens (tertiary/aromatic N) is 1. The zero-order valence-electron chi connectivity index (χ0n) is 11.4. The molecular weight excluding hydrogens is 288 g/mol. The molecule has 2 heterocycles. The maximum atomic E-state index is 12.2.